The van der Waals surface area contributed by atoms with Crippen molar-refractivity contribution in [2.45, 2.75) is 39.7 Å². The third kappa shape index (κ3) is 2.86. The summed E-state index contributed by atoms with van der Waals surface area (Å²) in [6, 6.07) is 1.48. The number of aromatic nitrogens is 2. The summed E-state index contributed by atoms with van der Waals surface area (Å²) in [6.07, 6.45) is 3.82. The SMILES string of the molecule is C=C(C)c1cn(C2CC2)c2nc(Cl)c(F)cc2c1=O.CC. The molecule has 0 aromatic carbocycles. The molecule has 1 saturated carbocycles. The molecule has 5 heteroatoms. The van der Waals surface area contributed by atoms with Gasteiger partial charge in [-0.25, -0.2) is 9.37 Å². The second-order valence-electron chi connectivity index (χ2n) is 4.92. The molecule has 1 aliphatic rings. The van der Waals surface area contributed by atoms with Crippen molar-refractivity contribution in [3.05, 3.63) is 45.6 Å². The highest BCUT2D eigenvalue weighted by molar-refractivity contribution is 6.29. The maximum atomic E-state index is 13.5. The molecule has 0 spiro atoms. The molecule has 0 amide bonds. The number of allylic oxidation sites excluding steroid dienone is 1. The summed E-state index contributed by atoms with van der Waals surface area (Å²) in [5, 5.41) is 0.0543. The van der Waals surface area contributed by atoms with Gasteiger partial charge in [0.05, 0.1) is 5.39 Å². The van der Waals surface area contributed by atoms with Crippen molar-refractivity contribution in [2.24, 2.45) is 0 Å². The maximum absolute atomic E-state index is 13.5. The Bertz CT molecular complexity index is 763. The molecule has 2 heterocycles. The van der Waals surface area contributed by atoms with Crippen LogP contribution in [0.5, 0.6) is 0 Å². The average molecular weight is 309 g/mol. The van der Waals surface area contributed by atoms with Crippen LogP contribution in [0.1, 0.15) is 45.2 Å². The van der Waals surface area contributed by atoms with Gasteiger partial charge in [0.2, 0.25) is 0 Å². The van der Waals surface area contributed by atoms with Crippen molar-refractivity contribution < 1.29 is 4.39 Å². The van der Waals surface area contributed by atoms with Crippen LogP contribution >= 0.6 is 11.6 Å². The quantitative estimate of drug-likeness (QED) is 0.761. The molecule has 1 fully saturated rings. The van der Waals surface area contributed by atoms with E-state index in [1.165, 1.54) is 6.07 Å². The Labute approximate surface area is 128 Å². The lowest BCUT2D eigenvalue weighted by atomic mass is 10.1. The van der Waals surface area contributed by atoms with E-state index in [4.69, 9.17) is 11.6 Å². The highest BCUT2D eigenvalue weighted by Gasteiger charge is 2.26. The Kier molecular flexibility index (Phi) is 4.47. The Morgan fingerprint density at radius 2 is 2.10 bits per heavy atom. The minimum Gasteiger partial charge on any atom is -0.329 e. The lowest BCUT2D eigenvalue weighted by Crippen LogP contribution is -2.15. The molecular weight excluding hydrogens is 291 g/mol. The number of halogens is 2. The third-order valence-corrected chi connectivity index (χ3v) is 3.58. The van der Waals surface area contributed by atoms with Crippen molar-refractivity contribution in [1.29, 1.82) is 0 Å². The normalized spacial score (nSPS) is 13.8. The number of fused-ring (bicyclic) bond motifs is 1. The van der Waals surface area contributed by atoms with Gasteiger partial charge in [0, 0.05) is 17.8 Å². The second-order valence-corrected chi connectivity index (χ2v) is 5.28. The number of nitrogens with zero attached hydrogens (tertiary/aromatic N) is 2. The van der Waals surface area contributed by atoms with Gasteiger partial charge in [-0.15, -0.1) is 0 Å². The smallest absolute Gasteiger partial charge is 0.198 e. The zero-order valence-corrected chi connectivity index (χ0v) is 13.2. The van der Waals surface area contributed by atoms with Crippen LogP contribution in [0.4, 0.5) is 4.39 Å². The summed E-state index contributed by atoms with van der Waals surface area (Å²) in [5.41, 5.74) is 1.37. The zero-order chi connectivity index (χ0) is 15.7. The third-order valence-electron chi connectivity index (χ3n) is 3.32. The van der Waals surface area contributed by atoms with Gasteiger partial charge in [-0.2, -0.15) is 0 Å². The van der Waals surface area contributed by atoms with Crippen LogP contribution in [-0.2, 0) is 0 Å². The molecule has 0 N–H and O–H groups in total. The van der Waals surface area contributed by atoms with Crippen molar-refractivity contribution in [1.82, 2.24) is 9.55 Å². The van der Waals surface area contributed by atoms with Gasteiger partial charge in [0.25, 0.3) is 0 Å². The Morgan fingerprint density at radius 3 is 2.62 bits per heavy atom. The zero-order valence-electron chi connectivity index (χ0n) is 12.4. The molecule has 0 bridgehead atoms. The molecule has 3 rings (SSSR count). The van der Waals surface area contributed by atoms with E-state index in [1.807, 2.05) is 18.4 Å². The number of hydrogen-bond donors (Lipinski definition) is 0. The van der Waals surface area contributed by atoms with Gasteiger partial charge < -0.3 is 4.57 Å². The Balaban J connectivity index is 0.000000774. The van der Waals surface area contributed by atoms with Gasteiger partial charge >= 0.3 is 0 Å². The summed E-state index contributed by atoms with van der Waals surface area (Å²) >= 11 is 5.72. The lowest BCUT2D eigenvalue weighted by Gasteiger charge is -2.12. The van der Waals surface area contributed by atoms with Crippen molar-refractivity contribution >= 4 is 28.2 Å². The fourth-order valence-corrected chi connectivity index (χ4v) is 2.29. The van der Waals surface area contributed by atoms with Gasteiger partial charge in [-0.1, -0.05) is 32.0 Å². The standard InChI is InChI=1S/C14H12ClFN2O.C2H6/c1-7(2)10-6-18(8-3-4-8)14-9(12(10)19)5-11(16)13(15)17-14;1-2/h5-6,8H,1,3-4H2,2H3;1-2H3. The summed E-state index contributed by atoms with van der Waals surface area (Å²) in [7, 11) is 0. The van der Waals surface area contributed by atoms with Crippen LogP contribution in [0.25, 0.3) is 16.6 Å². The van der Waals surface area contributed by atoms with Crippen LogP contribution in [-0.4, -0.2) is 9.55 Å². The summed E-state index contributed by atoms with van der Waals surface area (Å²) < 4.78 is 15.5. The highest BCUT2D eigenvalue weighted by atomic mass is 35.5. The van der Waals surface area contributed by atoms with Gasteiger partial charge in [0.15, 0.2) is 16.4 Å². The molecule has 0 aliphatic heterocycles. The first-order valence-electron chi connectivity index (χ1n) is 7.06. The first-order valence-corrected chi connectivity index (χ1v) is 7.43. The average Bonchev–Trinajstić information content (AvgIpc) is 3.28. The van der Waals surface area contributed by atoms with E-state index in [9.17, 15) is 9.18 Å². The molecule has 2 aromatic heterocycles. The molecule has 112 valence electrons. The lowest BCUT2D eigenvalue weighted by molar-refractivity contribution is 0.622. The largest absolute Gasteiger partial charge is 0.329 e. The maximum Gasteiger partial charge on any atom is 0.198 e. The molecule has 2 aromatic rings. The van der Waals surface area contributed by atoms with E-state index in [1.54, 1.807) is 13.1 Å². The molecule has 1 aliphatic carbocycles. The fraction of sp³-hybridized carbons (Fsp3) is 0.375. The molecule has 3 nitrogen and oxygen atoms in total. The van der Waals surface area contributed by atoms with Crippen LogP contribution in [0.15, 0.2) is 23.6 Å². The van der Waals surface area contributed by atoms with E-state index in [0.717, 1.165) is 12.8 Å². The molecule has 0 unspecified atom stereocenters. The van der Waals surface area contributed by atoms with Crippen molar-refractivity contribution in [2.75, 3.05) is 0 Å². The van der Waals surface area contributed by atoms with Crippen LogP contribution in [0.3, 0.4) is 0 Å². The van der Waals surface area contributed by atoms with Crippen molar-refractivity contribution in [3.63, 3.8) is 0 Å². The summed E-state index contributed by atoms with van der Waals surface area (Å²) in [5.74, 6) is -0.674. The van der Waals surface area contributed by atoms with Crippen LogP contribution in [0.2, 0.25) is 5.15 Å². The molecule has 0 atom stereocenters. The summed E-state index contributed by atoms with van der Waals surface area (Å²) in [6.45, 7) is 9.56. The first-order chi connectivity index (χ1) is 9.99. The van der Waals surface area contributed by atoms with Crippen LogP contribution < -0.4 is 5.43 Å². The molecule has 21 heavy (non-hydrogen) atoms. The Morgan fingerprint density at radius 1 is 1.48 bits per heavy atom. The first kappa shape index (κ1) is 15.7. The number of hydrogen-bond acceptors (Lipinski definition) is 2. The predicted molar refractivity (Wildman–Crippen MR) is 85.3 cm³/mol. The van der Waals surface area contributed by atoms with E-state index < -0.39 is 5.82 Å². The van der Waals surface area contributed by atoms with E-state index in [-0.39, 0.29) is 16.0 Å². The van der Waals surface area contributed by atoms with Gasteiger partial charge in [0.1, 0.15) is 5.65 Å². The monoisotopic (exact) mass is 308 g/mol. The van der Waals surface area contributed by atoms with Gasteiger partial charge in [-0.05, 0) is 31.4 Å². The minimum atomic E-state index is -0.674. The van der Waals surface area contributed by atoms with Crippen molar-refractivity contribution in [3.8, 4) is 0 Å². The topological polar surface area (TPSA) is 34.9 Å². The fourth-order valence-electron chi connectivity index (χ4n) is 2.16. The molecule has 0 saturated heterocycles. The Hall–Kier alpha value is -1.68. The van der Waals surface area contributed by atoms with E-state index >= 15 is 0 Å². The second kappa shape index (κ2) is 5.98. The minimum absolute atomic E-state index is 0.204. The van der Waals surface area contributed by atoms with E-state index in [2.05, 4.69) is 11.6 Å². The highest BCUT2D eigenvalue weighted by Crippen LogP contribution is 2.37. The van der Waals surface area contributed by atoms with E-state index in [0.29, 0.717) is 22.8 Å². The van der Waals surface area contributed by atoms with Gasteiger partial charge in [-0.3, -0.25) is 4.79 Å². The number of rotatable bonds is 2. The predicted octanol–water partition coefficient (Wildman–Crippen LogP) is 4.58. The number of pyridine rings is 2. The molecule has 0 radical (unpaired) electrons. The molecular formula is C16H18ClFN2O. The van der Waals surface area contributed by atoms with Crippen LogP contribution in [0, 0.1) is 5.82 Å². The summed E-state index contributed by atoms with van der Waals surface area (Å²) in [4.78, 5) is 16.3.